The van der Waals surface area contributed by atoms with Crippen LogP contribution in [0.3, 0.4) is 0 Å². The summed E-state index contributed by atoms with van der Waals surface area (Å²) in [6.45, 7) is 0.126. The fourth-order valence-electron chi connectivity index (χ4n) is 3.24. The molecule has 0 atom stereocenters. The molecule has 1 amide bonds. The quantitative estimate of drug-likeness (QED) is 0.501. The van der Waals surface area contributed by atoms with Gasteiger partial charge in [-0.15, -0.1) is 0 Å². The van der Waals surface area contributed by atoms with E-state index in [2.05, 4.69) is 20.3 Å². The monoisotopic (exact) mass is 365 g/mol. The van der Waals surface area contributed by atoms with Gasteiger partial charge in [-0.2, -0.15) is 0 Å². The molecule has 0 saturated heterocycles. The van der Waals surface area contributed by atoms with Crippen molar-refractivity contribution < 1.29 is 14.6 Å². The highest BCUT2D eigenvalue weighted by molar-refractivity contribution is 6.03. The maximum absolute atomic E-state index is 12.3. The van der Waals surface area contributed by atoms with Gasteiger partial charge in [-0.25, -0.2) is 9.97 Å². The number of carbonyl (C=O) groups excluding carboxylic acids is 1. The third kappa shape index (κ3) is 2.89. The zero-order valence-electron chi connectivity index (χ0n) is 15.0. The summed E-state index contributed by atoms with van der Waals surface area (Å²) in [5.74, 6) is 0.289. The number of carbonyl (C=O) groups is 1. The summed E-state index contributed by atoms with van der Waals surface area (Å²) in [5, 5.41) is 13.3. The number of aromatic nitrogens is 4. The van der Waals surface area contributed by atoms with Gasteiger partial charge in [0.2, 0.25) is 5.88 Å². The second-order valence-corrected chi connectivity index (χ2v) is 6.19. The number of aromatic amines is 1. The van der Waals surface area contributed by atoms with Crippen molar-refractivity contribution in [3.05, 3.63) is 42.4 Å². The molecule has 0 radical (unpaired) electrons. The van der Waals surface area contributed by atoms with Crippen LogP contribution in [0.15, 0.2) is 36.8 Å². The molecule has 27 heavy (non-hydrogen) atoms. The van der Waals surface area contributed by atoms with Crippen LogP contribution in [0.1, 0.15) is 10.4 Å². The summed E-state index contributed by atoms with van der Waals surface area (Å²) >= 11 is 0. The summed E-state index contributed by atoms with van der Waals surface area (Å²) in [7, 11) is 3.53. The van der Waals surface area contributed by atoms with Crippen molar-refractivity contribution in [2.75, 3.05) is 20.3 Å². The highest BCUT2D eigenvalue weighted by Gasteiger charge is 2.16. The Morgan fingerprint density at radius 1 is 1.30 bits per heavy atom. The maximum atomic E-state index is 12.3. The molecule has 4 aromatic rings. The standard InChI is InChI=1S/C19H19N5O3/c1-24-9-14(15-8-13-17(23-15)21-10-22-19(13)27-2)12-7-11(3-4-16(12)24)18(26)20-5-6-25/h3-4,7-10,25H,5-6H2,1-2H3,(H,20,26)(H,21,22,23). The molecule has 0 saturated carbocycles. The summed E-state index contributed by atoms with van der Waals surface area (Å²) in [4.78, 5) is 23.9. The van der Waals surface area contributed by atoms with Crippen molar-refractivity contribution in [1.82, 2.24) is 24.8 Å². The lowest BCUT2D eigenvalue weighted by Gasteiger charge is -2.04. The van der Waals surface area contributed by atoms with Gasteiger partial charge in [0.05, 0.1) is 24.8 Å². The number of aryl methyl sites for hydroxylation is 1. The van der Waals surface area contributed by atoms with Crippen LogP contribution in [0.2, 0.25) is 0 Å². The first-order valence-electron chi connectivity index (χ1n) is 8.48. The Kier molecular flexibility index (Phi) is 4.25. The molecule has 0 aliphatic heterocycles. The predicted molar refractivity (Wildman–Crippen MR) is 102 cm³/mol. The minimum atomic E-state index is -0.218. The minimum Gasteiger partial charge on any atom is -0.480 e. The van der Waals surface area contributed by atoms with Crippen molar-refractivity contribution in [2.45, 2.75) is 0 Å². The molecule has 3 N–H and O–H groups in total. The number of aliphatic hydroxyl groups excluding tert-OH is 1. The van der Waals surface area contributed by atoms with Crippen LogP contribution in [0, 0.1) is 0 Å². The van der Waals surface area contributed by atoms with Gasteiger partial charge >= 0.3 is 0 Å². The largest absolute Gasteiger partial charge is 0.480 e. The molecule has 0 spiro atoms. The van der Waals surface area contributed by atoms with Gasteiger partial charge in [0.25, 0.3) is 5.91 Å². The first-order chi connectivity index (χ1) is 13.1. The molecule has 8 nitrogen and oxygen atoms in total. The average molecular weight is 365 g/mol. The molecule has 1 aromatic carbocycles. The van der Waals surface area contributed by atoms with E-state index in [1.165, 1.54) is 6.33 Å². The number of methoxy groups -OCH3 is 1. The molecule has 3 heterocycles. The number of nitrogens with zero attached hydrogens (tertiary/aromatic N) is 3. The van der Waals surface area contributed by atoms with Crippen LogP contribution >= 0.6 is 0 Å². The number of aliphatic hydroxyl groups is 1. The molecule has 138 valence electrons. The number of amides is 1. The van der Waals surface area contributed by atoms with Gasteiger partial charge in [-0.3, -0.25) is 4.79 Å². The summed E-state index contributed by atoms with van der Waals surface area (Å²) in [6, 6.07) is 7.49. The van der Waals surface area contributed by atoms with Crippen LogP contribution in [-0.4, -0.2) is 50.8 Å². The molecule has 0 aliphatic rings. The van der Waals surface area contributed by atoms with Gasteiger partial charge in [-0.05, 0) is 24.3 Å². The number of H-pyrrole nitrogens is 1. The number of ether oxygens (including phenoxy) is 1. The summed E-state index contributed by atoms with van der Waals surface area (Å²) < 4.78 is 7.32. The number of hydrogen-bond acceptors (Lipinski definition) is 5. The van der Waals surface area contributed by atoms with E-state index in [-0.39, 0.29) is 19.1 Å². The summed E-state index contributed by atoms with van der Waals surface area (Å²) in [5.41, 5.74) is 4.04. The molecular formula is C19H19N5O3. The van der Waals surface area contributed by atoms with Crippen LogP contribution in [0.5, 0.6) is 5.88 Å². The normalized spacial score (nSPS) is 11.2. The molecule has 3 aromatic heterocycles. The Hall–Kier alpha value is -3.39. The molecule has 0 aliphatic carbocycles. The smallest absolute Gasteiger partial charge is 0.251 e. The summed E-state index contributed by atoms with van der Waals surface area (Å²) in [6.07, 6.45) is 3.46. The Morgan fingerprint density at radius 3 is 2.93 bits per heavy atom. The number of fused-ring (bicyclic) bond motifs is 2. The van der Waals surface area contributed by atoms with E-state index in [9.17, 15) is 4.79 Å². The first kappa shape index (κ1) is 17.0. The zero-order chi connectivity index (χ0) is 19.0. The number of nitrogens with one attached hydrogen (secondary N) is 2. The lowest BCUT2D eigenvalue weighted by molar-refractivity contribution is 0.0945. The van der Waals surface area contributed by atoms with E-state index >= 15 is 0 Å². The van der Waals surface area contributed by atoms with E-state index in [1.807, 2.05) is 36.0 Å². The van der Waals surface area contributed by atoms with Gasteiger partial charge in [-0.1, -0.05) is 0 Å². The average Bonchev–Trinajstić information content (AvgIpc) is 3.26. The van der Waals surface area contributed by atoms with E-state index in [0.29, 0.717) is 17.1 Å². The Bertz CT molecular complexity index is 1150. The third-order valence-corrected chi connectivity index (χ3v) is 4.52. The van der Waals surface area contributed by atoms with Gasteiger partial charge in [0.1, 0.15) is 12.0 Å². The van der Waals surface area contributed by atoms with Crippen LogP contribution in [-0.2, 0) is 7.05 Å². The highest BCUT2D eigenvalue weighted by atomic mass is 16.5. The van der Waals surface area contributed by atoms with Crippen LogP contribution in [0.4, 0.5) is 0 Å². The second kappa shape index (κ2) is 6.73. The topological polar surface area (TPSA) is 105 Å². The first-order valence-corrected chi connectivity index (χ1v) is 8.48. The fraction of sp³-hybridized carbons (Fsp3) is 0.211. The molecule has 0 unspecified atom stereocenters. The lowest BCUT2D eigenvalue weighted by Crippen LogP contribution is -2.26. The maximum Gasteiger partial charge on any atom is 0.251 e. The molecule has 8 heteroatoms. The van der Waals surface area contributed by atoms with E-state index in [0.717, 1.165) is 27.5 Å². The minimum absolute atomic E-state index is 0.0947. The fourth-order valence-corrected chi connectivity index (χ4v) is 3.24. The molecule has 4 rings (SSSR count). The lowest BCUT2D eigenvalue weighted by atomic mass is 10.1. The molecule has 0 bridgehead atoms. The Labute approximate surface area is 154 Å². The van der Waals surface area contributed by atoms with Gasteiger partial charge in [0.15, 0.2) is 0 Å². The van der Waals surface area contributed by atoms with Crippen molar-refractivity contribution in [3.63, 3.8) is 0 Å². The van der Waals surface area contributed by atoms with Crippen molar-refractivity contribution in [1.29, 1.82) is 0 Å². The third-order valence-electron chi connectivity index (χ3n) is 4.52. The van der Waals surface area contributed by atoms with Crippen LogP contribution in [0.25, 0.3) is 33.2 Å². The Morgan fingerprint density at radius 2 is 2.15 bits per heavy atom. The van der Waals surface area contributed by atoms with Crippen molar-refractivity contribution >= 4 is 27.8 Å². The van der Waals surface area contributed by atoms with E-state index < -0.39 is 0 Å². The van der Waals surface area contributed by atoms with Crippen LogP contribution < -0.4 is 10.1 Å². The van der Waals surface area contributed by atoms with Crippen molar-refractivity contribution in [3.8, 4) is 17.1 Å². The second-order valence-electron chi connectivity index (χ2n) is 6.19. The zero-order valence-corrected chi connectivity index (χ0v) is 15.0. The SMILES string of the molecule is COc1ncnc2[nH]c(-c3cn(C)c4ccc(C(=O)NCCO)cc34)cc12. The molecular weight excluding hydrogens is 346 g/mol. The predicted octanol–water partition coefficient (Wildman–Crippen LogP) is 1.85. The molecule has 0 fully saturated rings. The van der Waals surface area contributed by atoms with Gasteiger partial charge in [0, 0.05) is 41.8 Å². The number of benzene rings is 1. The number of hydrogen-bond donors (Lipinski definition) is 3. The number of rotatable bonds is 5. The highest BCUT2D eigenvalue weighted by Crippen LogP contribution is 2.33. The van der Waals surface area contributed by atoms with Crippen molar-refractivity contribution in [2.24, 2.45) is 7.05 Å². The van der Waals surface area contributed by atoms with Gasteiger partial charge < -0.3 is 24.7 Å². The van der Waals surface area contributed by atoms with E-state index in [4.69, 9.17) is 9.84 Å². The van der Waals surface area contributed by atoms with E-state index in [1.54, 1.807) is 13.2 Å². The Balaban J connectivity index is 1.85.